The van der Waals surface area contributed by atoms with E-state index in [4.69, 9.17) is 4.52 Å². The van der Waals surface area contributed by atoms with Crippen molar-refractivity contribution in [2.45, 2.75) is 31.2 Å². The number of likely N-dealkylation sites (tertiary alicyclic amines) is 1. The minimum Gasteiger partial charge on any atom is -0.339 e. The topological polar surface area (TPSA) is 54.2 Å². The van der Waals surface area contributed by atoms with E-state index in [1.165, 1.54) is 6.42 Å². The van der Waals surface area contributed by atoms with E-state index in [-0.39, 0.29) is 0 Å². The summed E-state index contributed by atoms with van der Waals surface area (Å²) in [5.74, 6) is 2.11. The molecule has 2 aliphatic heterocycles. The van der Waals surface area contributed by atoms with Gasteiger partial charge in [-0.1, -0.05) is 5.16 Å². The average Bonchev–Trinajstić information content (AvgIpc) is 2.97. The zero-order valence-corrected chi connectivity index (χ0v) is 9.65. The van der Waals surface area contributed by atoms with Crippen LogP contribution in [-0.4, -0.2) is 41.7 Å². The predicted molar refractivity (Wildman–Crippen MR) is 59.1 cm³/mol. The maximum absolute atomic E-state index is 5.38. The smallest absolute Gasteiger partial charge is 0.231 e. The van der Waals surface area contributed by atoms with Crippen LogP contribution in [0.3, 0.4) is 0 Å². The highest BCUT2D eigenvalue weighted by atomic mass is 16.5. The molecule has 2 aliphatic rings. The molecule has 5 heteroatoms. The van der Waals surface area contributed by atoms with Crippen molar-refractivity contribution in [1.82, 2.24) is 20.4 Å². The summed E-state index contributed by atoms with van der Waals surface area (Å²) in [5, 5.41) is 7.49. The molecule has 88 valence electrons. The largest absolute Gasteiger partial charge is 0.339 e. The van der Waals surface area contributed by atoms with E-state index in [9.17, 15) is 0 Å². The number of hydrogen-bond donors (Lipinski definition) is 1. The summed E-state index contributed by atoms with van der Waals surface area (Å²) in [6.45, 7) is 3.24. The number of nitrogens with zero attached hydrogens (tertiary/aromatic N) is 3. The molecule has 2 fully saturated rings. The van der Waals surface area contributed by atoms with E-state index in [0.717, 1.165) is 44.2 Å². The van der Waals surface area contributed by atoms with Gasteiger partial charge in [0.05, 0.1) is 12.0 Å². The average molecular weight is 222 g/mol. The second-order valence-corrected chi connectivity index (χ2v) is 4.89. The molecule has 1 aromatic heterocycles. The lowest BCUT2D eigenvalue weighted by Gasteiger charge is -2.05. The van der Waals surface area contributed by atoms with Gasteiger partial charge in [0.1, 0.15) is 0 Å². The van der Waals surface area contributed by atoms with Gasteiger partial charge < -0.3 is 14.7 Å². The molecule has 3 rings (SSSR count). The van der Waals surface area contributed by atoms with Crippen LogP contribution in [0.1, 0.15) is 42.9 Å². The predicted octanol–water partition coefficient (Wildman–Crippen LogP) is 0.913. The van der Waals surface area contributed by atoms with E-state index in [2.05, 4.69) is 27.4 Å². The van der Waals surface area contributed by atoms with Gasteiger partial charge in [0.25, 0.3) is 0 Å². The molecule has 5 nitrogen and oxygen atoms in total. The molecule has 0 saturated carbocycles. The molecule has 1 aromatic rings. The first kappa shape index (κ1) is 10.2. The molecule has 0 aliphatic carbocycles. The van der Waals surface area contributed by atoms with Crippen LogP contribution in [0, 0.1) is 0 Å². The van der Waals surface area contributed by atoms with Gasteiger partial charge in [-0.25, -0.2) is 0 Å². The summed E-state index contributed by atoms with van der Waals surface area (Å²) < 4.78 is 5.38. The molecule has 0 aromatic carbocycles. The lowest BCUT2D eigenvalue weighted by atomic mass is 10.1. The molecule has 0 amide bonds. The fraction of sp³-hybridized carbons (Fsp3) is 0.818. The third-order valence-corrected chi connectivity index (χ3v) is 3.57. The molecule has 1 N–H and O–H groups in total. The second kappa shape index (κ2) is 4.14. The van der Waals surface area contributed by atoms with Gasteiger partial charge in [0.2, 0.25) is 5.89 Å². The van der Waals surface area contributed by atoms with E-state index in [1.807, 2.05) is 0 Å². The van der Waals surface area contributed by atoms with Crippen LogP contribution in [0.2, 0.25) is 0 Å². The molecule has 0 bridgehead atoms. The maximum Gasteiger partial charge on any atom is 0.231 e. The minimum atomic E-state index is 0.316. The number of rotatable bonds is 2. The Morgan fingerprint density at radius 1 is 1.44 bits per heavy atom. The molecule has 2 saturated heterocycles. The summed E-state index contributed by atoms with van der Waals surface area (Å²) in [7, 11) is 2.13. The molecule has 3 heterocycles. The number of hydrogen-bond acceptors (Lipinski definition) is 5. The van der Waals surface area contributed by atoms with Gasteiger partial charge in [-0.3, -0.25) is 0 Å². The van der Waals surface area contributed by atoms with E-state index >= 15 is 0 Å². The Morgan fingerprint density at radius 3 is 3.06 bits per heavy atom. The summed E-state index contributed by atoms with van der Waals surface area (Å²) in [6.07, 6.45) is 3.47. The van der Waals surface area contributed by atoms with Crippen molar-refractivity contribution in [3.8, 4) is 0 Å². The first-order valence-electron chi connectivity index (χ1n) is 6.08. The first-order valence-corrected chi connectivity index (χ1v) is 6.08. The molecule has 2 atom stereocenters. The quantitative estimate of drug-likeness (QED) is 0.806. The molecular weight excluding hydrogens is 204 g/mol. The lowest BCUT2D eigenvalue weighted by molar-refractivity contribution is 0.339. The molecular formula is C11H18N4O. The molecule has 2 unspecified atom stereocenters. The van der Waals surface area contributed by atoms with Crippen molar-refractivity contribution in [2.24, 2.45) is 0 Å². The highest BCUT2D eigenvalue weighted by Gasteiger charge is 2.28. The van der Waals surface area contributed by atoms with Gasteiger partial charge in [0.15, 0.2) is 5.82 Å². The van der Waals surface area contributed by atoms with Crippen LogP contribution in [0.15, 0.2) is 4.52 Å². The highest BCUT2D eigenvalue weighted by molar-refractivity contribution is 5.02. The molecule has 0 spiro atoms. The number of aromatic nitrogens is 2. The lowest BCUT2D eigenvalue weighted by Crippen LogP contribution is -2.15. The normalized spacial score (nSPS) is 31.3. The van der Waals surface area contributed by atoms with E-state index in [0.29, 0.717) is 12.0 Å². The Kier molecular flexibility index (Phi) is 2.65. The minimum absolute atomic E-state index is 0.316. The number of likely N-dealkylation sites (N-methyl/N-ethyl adjacent to an activating group) is 1. The maximum atomic E-state index is 5.38. The van der Waals surface area contributed by atoms with E-state index in [1.54, 1.807) is 0 Å². The summed E-state index contributed by atoms with van der Waals surface area (Å²) in [4.78, 5) is 6.85. The third kappa shape index (κ3) is 1.85. The van der Waals surface area contributed by atoms with Crippen LogP contribution in [0.4, 0.5) is 0 Å². The highest BCUT2D eigenvalue weighted by Crippen LogP contribution is 2.27. The SMILES string of the molecule is CN1CCC(c2nc(C3CCCN3)no2)C1. The van der Waals surface area contributed by atoms with Gasteiger partial charge >= 0.3 is 0 Å². The van der Waals surface area contributed by atoms with Crippen LogP contribution in [0.5, 0.6) is 0 Å². The van der Waals surface area contributed by atoms with Crippen LogP contribution in [-0.2, 0) is 0 Å². The second-order valence-electron chi connectivity index (χ2n) is 4.89. The van der Waals surface area contributed by atoms with Gasteiger partial charge in [-0.15, -0.1) is 0 Å². The van der Waals surface area contributed by atoms with Gasteiger partial charge in [-0.05, 0) is 39.4 Å². The van der Waals surface area contributed by atoms with Crippen molar-refractivity contribution >= 4 is 0 Å². The Labute approximate surface area is 95.2 Å². The van der Waals surface area contributed by atoms with Crippen molar-refractivity contribution < 1.29 is 4.52 Å². The third-order valence-electron chi connectivity index (χ3n) is 3.57. The fourth-order valence-corrected chi connectivity index (χ4v) is 2.60. The summed E-state index contributed by atoms with van der Waals surface area (Å²) in [5.41, 5.74) is 0. The van der Waals surface area contributed by atoms with Crippen molar-refractivity contribution in [2.75, 3.05) is 26.7 Å². The Balaban J connectivity index is 1.72. The Hall–Kier alpha value is -0.940. The standard InChI is InChI=1S/C11H18N4O/c1-15-6-4-8(7-15)11-13-10(14-16-11)9-3-2-5-12-9/h8-9,12H,2-7H2,1H3. The van der Waals surface area contributed by atoms with Crippen molar-refractivity contribution in [3.05, 3.63) is 11.7 Å². The zero-order valence-electron chi connectivity index (χ0n) is 9.65. The monoisotopic (exact) mass is 222 g/mol. The van der Waals surface area contributed by atoms with Gasteiger partial charge in [-0.2, -0.15) is 4.98 Å². The Bertz CT molecular complexity index is 359. The summed E-state index contributed by atoms with van der Waals surface area (Å²) in [6, 6.07) is 0.316. The zero-order chi connectivity index (χ0) is 11.0. The van der Waals surface area contributed by atoms with E-state index < -0.39 is 0 Å². The first-order chi connectivity index (χ1) is 7.83. The fourth-order valence-electron chi connectivity index (χ4n) is 2.60. The molecule has 0 radical (unpaired) electrons. The molecule has 16 heavy (non-hydrogen) atoms. The van der Waals surface area contributed by atoms with Crippen molar-refractivity contribution in [1.29, 1.82) is 0 Å². The Morgan fingerprint density at radius 2 is 2.38 bits per heavy atom. The van der Waals surface area contributed by atoms with Crippen LogP contribution < -0.4 is 5.32 Å². The van der Waals surface area contributed by atoms with Gasteiger partial charge in [0, 0.05) is 6.54 Å². The van der Waals surface area contributed by atoms with Crippen molar-refractivity contribution in [3.63, 3.8) is 0 Å². The number of nitrogens with one attached hydrogen (secondary N) is 1. The van der Waals surface area contributed by atoms with Crippen LogP contribution >= 0.6 is 0 Å². The summed E-state index contributed by atoms with van der Waals surface area (Å²) >= 11 is 0. The van der Waals surface area contributed by atoms with Crippen LogP contribution in [0.25, 0.3) is 0 Å².